The minimum Gasteiger partial charge on any atom is -0.460 e. The van der Waals surface area contributed by atoms with E-state index in [-0.39, 0.29) is 25.0 Å². The third kappa shape index (κ3) is 4.09. The highest BCUT2D eigenvalue weighted by molar-refractivity contribution is 6.30. The molecule has 3 aromatic carbocycles. The summed E-state index contributed by atoms with van der Waals surface area (Å²) in [5.41, 5.74) is 5.63. The molecule has 0 fully saturated rings. The van der Waals surface area contributed by atoms with Crippen molar-refractivity contribution in [2.45, 2.75) is 12.8 Å². The summed E-state index contributed by atoms with van der Waals surface area (Å²) in [6.07, 6.45) is 3.48. The maximum atomic E-state index is 13.4. The van der Waals surface area contributed by atoms with Gasteiger partial charge in [-0.3, -0.25) is 14.5 Å². The molecule has 6 rings (SSSR count). The fraction of sp³-hybridized carbons (Fsp3) is 0.133. The number of carbonyl (C=O) groups excluding carboxylic acids is 3. The molecular weight excluding hydrogens is 488 g/mol. The minimum absolute atomic E-state index is 0.00892. The molecule has 0 spiro atoms. The number of allylic oxidation sites excluding steroid dienone is 1. The summed E-state index contributed by atoms with van der Waals surface area (Å²) in [7, 11) is 0. The summed E-state index contributed by atoms with van der Waals surface area (Å²) in [6, 6.07) is 21.8. The fourth-order valence-corrected chi connectivity index (χ4v) is 5.14. The summed E-state index contributed by atoms with van der Waals surface area (Å²) in [6.45, 7) is -0.103. The summed E-state index contributed by atoms with van der Waals surface area (Å²) in [4.78, 5) is 44.7. The van der Waals surface area contributed by atoms with E-state index in [1.165, 1.54) is 0 Å². The molecule has 0 radical (unpaired) electrons. The highest BCUT2D eigenvalue weighted by Gasteiger charge is 2.35. The number of hydrogen-bond acceptors (Lipinski definition) is 5. The molecule has 6 nitrogen and oxygen atoms in total. The number of amides is 2. The zero-order chi connectivity index (χ0) is 25.5. The molecule has 37 heavy (non-hydrogen) atoms. The second-order valence-corrected chi connectivity index (χ2v) is 9.43. The Balaban J connectivity index is 1.27. The van der Waals surface area contributed by atoms with Gasteiger partial charge in [-0.25, -0.2) is 9.78 Å². The Kier molecular flexibility index (Phi) is 5.81. The van der Waals surface area contributed by atoms with Crippen molar-refractivity contribution in [2.75, 3.05) is 13.2 Å². The number of pyridine rings is 1. The maximum absolute atomic E-state index is 13.4. The van der Waals surface area contributed by atoms with Crippen molar-refractivity contribution in [1.29, 1.82) is 0 Å². The number of imide groups is 1. The second-order valence-electron chi connectivity index (χ2n) is 9.00. The molecule has 0 saturated heterocycles. The highest BCUT2D eigenvalue weighted by Crippen LogP contribution is 2.38. The summed E-state index contributed by atoms with van der Waals surface area (Å²) < 4.78 is 5.64. The number of fused-ring (bicyclic) bond motifs is 3. The van der Waals surface area contributed by atoms with Crippen molar-refractivity contribution in [3.63, 3.8) is 0 Å². The first-order valence-electron chi connectivity index (χ1n) is 12.0. The van der Waals surface area contributed by atoms with E-state index < -0.39 is 5.97 Å². The van der Waals surface area contributed by atoms with Gasteiger partial charge in [0.25, 0.3) is 11.8 Å². The number of benzene rings is 3. The molecule has 1 aliphatic carbocycles. The van der Waals surface area contributed by atoms with Crippen molar-refractivity contribution in [1.82, 2.24) is 9.88 Å². The van der Waals surface area contributed by atoms with Crippen molar-refractivity contribution < 1.29 is 19.1 Å². The molecule has 0 unspecified atom stereocenters. The van der Waals surface area contributed by atoms with Crippen molar-refractivity contribution in [3.05, 3.63) is 111 Å². The number of esters is 1. The average molecular weight is 509 g/mol. The minimum atomic E-state index is -0.487. The van der Waals surface area contributed by atoms with E-state index in [2.05, 4.69) is 6.08 Å². The van der Waals surface area contributed by atoms with Crippen molar-refractivity contribution in [2.24, 2.45) is 0 Å². The first-order valence-corrected chi connectivity index (χ1v) is 12.4. The Morgan fingerprint density at radius 3 is 2.32 bits per heavy atom. The number of hydrogen-bond donors (Lipinski definition) is 0. The number of carbonyl (C=O) groups is 3. The SMILES string of the molecule is O=C(OCCN1C(=O)c2ccccc2C1=O)c1c2c(nc3ccccc13)/C(=C\c1ccc(Cl)cc1)CC2. The molecule has 2 heterocycles. The van der Waals surface area contributed by atoms with Crippen LogP contribution in [0.3, 0.4) is 0 Å². The van der Waals surface area contributed by atoms with E-state index in [0.717, 1.165) is 39.1 Å². The van der Waals surface area contributed by atoms with E-state index in [4.69, 9.17) is 21.3 Å². The molecule has 0 saturated carbocycles. The molecule has 2 amide bonds. The largest absolute Gasteiger partial charge is 0.460 e. The molecule has 1 aromatic heterocycles. The van der Waals surface area contributed by atoms with Crippen molar-refractivity contribution >= 4 is 51.9 Å². The van der Waals surface area contributed by atoms with Gasteiger partial charge in [0.2, 0.25) is 0 Å². The Bertz CT molecular complexity index is 1590. The Morgan fingerprint density at radius 1 is 0.919 bits per heavy atom. The van der Waals surface area contributed by atoms with Gasteiger partial charge in [0.05, 0.1) is 34.4 Å². The van der Waals surface area contributed by atoms with E-state index in [1.807, 2.05) is 48.5 Å². The number of ether oxygens (including phenoxy) is 1. The van der Waals surface area contributed by atoms with E-state index in [1.54, 1.807) is 24.3 Å². The molecule has 4 aromatic rings. The van der Waals surface area contributed by atoms with Crippen LogP contribution in [0, 0.1) is 0 Å². The van der Waals surface area contributed by atoms with Crippen LogP contribution in [-0.2, 0) is 11.2 Å². The number of nitrogens with zero attached hydrogens (tertiary/aromatic N) is 2. The lowest BCUT2D eigenvalue weighted by Gasteiger charge is -2.15. The standard InChI is InChI=1S/C30H21ClN2O4/c31-20-12-9-18(10-13-20)17-19-11-14-24-26(23-7-3-4-8-25(23)32-27(19)24)30(36)37-16-15-33-28(34)21-5-1-2-6-22(21)29(33)35/h1-10,12-13,17H,11,14-16H2/b19-17-. The van der Waals surface area contributed by atoms with Crippen LogP contribution >= 0.6 is 11.6 Å². The van der Waals surface area contributed by atoms with Gasteiger partial charge in [-0.05, 0) is 65.9 Å². The smallest absolute Gasteiger partial charge is 0.339 e. The Hall–Kier alpha value is -4.29. The molecule has 2 aliphatic rings. The molecule has 182 valence electrons. The molecule has 0 N–H and O–H groups in total. The van der Waals surface area contributed by atoms with Crippen molar-refractivity contribution in [3.8, 4) is 0 Å². The van der Waals surface area contributed by atoms with E-state index in [0.29, 0.717) is 33.7 Å². The van der Waals surface area contributed by atoms with Gasteiger partial charge < -0.3 is 4.74 Å². The van der Waals surface area contributed by atoms with Gasteiger partial charge in [0, 0.05) is 10.4 Å². The lowest BCUT2D eigenvalue weighted by molar-refractivity contribution is 0.0421. The van der Waals surface area contributed by atoms with Crippen LogP contribution in [0.4, 0.5) is 0 Å². The topological polar surface area (TPSA) is 76.6 Å². The number of para-hydroxylation sites is 1. The Labute approximate surface area is 218 Å². The summed E-state index contributed by atoms with van der Waals surface area (Å²) in [5, 5.41) is 1.39. The van der Waals surface area contributed by atoms with Crippen LogP contribution in [0.5, 0.6) is 0 Å². The molecular formula is C30H21ClN2O4. The van der Waals surface area contributed by atoms with Gasteiger partial charge in [0.1, 0.15) is 6.61 Å². The van der Waals surface area contributed by atoms with Crippen LogP contribution < -0.4 is 0 Å². The third-order valence-electron chi connectivity index (χ3n) is 6.78. The quantitative estimate of drug-likeness (QED) is 0.250. The lowest BCUT2D eigenvalue weighted by Crippen LogP contribution is -2.33. The summed E-state index contributed by atoms with van der Waals surface area (Å²) in [5.74, 6) is -1.23. The molecule has 7 heteroatoms. The van der Waals surface area contributed by atoms with Crippen LogP contribution in [0.1, 0.15) is 54.3 Å². The number of aromatic nitrogens is 1. The normalized spacial score (nSPS) is 15.4. The van der Waals surface area contributed by atoms with Crippen LogP contribution in [0.25, 0.3) is 22.6 Å². The van der Waals surface area contributed by atoms with Crippen LogP contribution in [-0.4, -0.2) is 40.8 Å². The molecule has 1 aliphatic heterocycles. The van der Waals surface area contributed by atoms with Gasteiger partial charge in [-0.2, -0.15) is 0 Å². The zero-order valence-electron chi connectivity index (χ0n) is 19.7. The van der Waals surface area contributed by atoms with Gasteiger partial charge in [-0.15, -0.1) is 0 Å². The second kappa shape index (κ2) is 9.30. The monoisotopic (exact) mass is 508 g/mol. The highest BCUT2D eigenvalue weighted by atomic mass is 35.5. The van der Waals surface area contributed by atoms with E-state index in [9.17, 15) is 14.4 Å². The fourth-order valence-electron chi connectivity index (χ4n) is 5.02. The van der Waals surface area contributed by atoms with Gasteiger partial charge >= 0.3 is 5.97 Å². The molecule has 0 atom stereocenters. The van der Waals surface area contributed by atoms with Gasteiger partial charge in [0.15, 0.2) is 0 Å². The summed E-state index contributed by atoms with van der Waals surface area (Å²) >= 11 is 6.03. The first-order chi connectivity index (χ1) is 18.0. The van der Waals surface area contributed by atoms with E-state index >= 15 is 0 Å². The average Bonchev–Trinajstić information content (AvgIpc) is 3.42. The first kappa shape index (κ1) is 23.1. The lowest BCUT2D eigenvalue weighted by atomic mass is 10.0. The van der Waals surface area contributed by atoms with Crippen LogP contribution in [0.15, 0.2) is 72.8 Å². The predicted molar refractivity (Wildman–Crippen MR) is 141 cm³/mol. The van der Waals surface area contributed by atoms with Crippen LogP contribution in [0.2, 0.25) is 5.02 Å². The number of rotatable bonds is 5. The predicted octanol–water partition coefficient (Wildman–Crippen LogP) is 5.83. The van der Waals surface area contributed by atoms with Gasteiger partial charge in [-0.1, -0.05) is 54.1 Å². The molecule has 0 bridgehead atoms. The Morgan fingerprint density at radius 2 is 1.59 bits per heavy atom. The zero-order valence-corrected chi connectivity index (χ0v) is 20.5. The maximum Gasteiger partial charge on any atom is 0.339 e. The number of halogens is 1. The third-order valence-corrected chi connectivity index (χ3v) is 7.04.